The molecule has 22 heavy (non-hydrogen) atoms. The van der Waals surface area contributed by atoms with Gasteiger partial charge in [-0.05, 0) is 36.8 Å². The van der Waals surface area contributed by atoms with Gasteiger partial charge in [-0.25, -0.2) is 0 Å². The smallest absolute Gasteiger partial charge is 0.259 e. The topological polar surface area (TPSA) is 38.3 Å². The fraction of sp³-hybridized carbons (Fsp3) is 0.235. The van der Waals surface area contributed by atoms with Crippen molar-refractivity contribution in [2.75, 3.05) is 11.9 Å². The summed E-state index contributed by atoms with van der Waals surface area (Å²) in [6, 6.07) is 12.1. The van der Waals surface area contributed by atoms with Gasteiger partial charge in [-0.2, -0.15) is 0 Å². The zero-order valence-corrected chi connectivity index (χ0v) is 13.7. The monoisotopic (exact) mass is 337 g/mol. The third-order valence-corrected chi connectivity index (χ3v) is 3.80. The minimum absolute atomic E-state index is 0.245. The van der Waals surface area contributed by atoms with Crippen molar-refractivity contribution < 1.29 is 9.53 Å². The van der Waals surface area contributed by atoms with Crippen LogP contribution in [0.3, 0.4) is 0 Å². The van der Waals surface area contributed by atoms with E-state index in [9.17, 15) is 4.79 Å². The van der Waals surface area contributed by atoms with Gasteiger partial charge in [0.15, 0.2) is 0 Å². The Morgan fingerprint density at radius 2 is 1.91 bits per heavy atom. The van der Waals surface area contributed by atoms with Crippen molar-refractivity contribution in [3.8, 4) is 5.75 Å². The molecule has 0 unspecified atom stereocenters. The summed E-state index contributed by atoms with van der Waals surface area (Å²) in [5, 5.41) is 3.64. The van der Waals surface area contributed by atoms with Crippen molar-refractivity contribution in [1.29, 1.82) is 0 Å². The van der Waals surface area contributed by atoms with Crippen LogP contribution in [0.4, 0.5) is 5.69 Å². The number of para-hydroxylation sites is 1. The van der Waals surface area contributed by atoms with E-state index in [1.54, 1.807) is 36.4 Å². The van der Waals surface area contributed by atoms with Crippen LogP contribution in [0.15, 0.2) is 42.5 Å². The summed E-state index contributed by atoms with van der Waals surface area (Å²) < 4.78 is 5.67. The molecule has 0 aliphatic heterocycles. The molecule has 116 valence electrons. The Morgan fingerprint density at radius 3 is 2.64 bits per heavy atom. The van der Waals surface area contributed by atoms with E-state index in [-0.39, 0.29) is 5.91 Å². The van der Waals surface area contributed by atoms with Crippen LogP contribution in [-0.4, -0.2) is 12.5 Å². The van der Waals surface area contributed by atoms with Crippen LogP contribution in [0.2, 0.25) is 10.0 Å². The van der Waals surface area contributed by atoms with E-state index >= 15 is 0 Å². The van der Waals surface area contributed by atoms with Crippen LogP contribution in [0.5, 0.6) is 5.75 Å². The van der Waals surface area contributed by atoms with Crippen molar-refractivity contribution in [2.24, 2.45) is 0 Å². The van der Waals surface area contributed by atoms with E-state index in [1.165, 1.54) is 0 Å². The van der Waals surface area contributed by atoms with E-state index in [0.717, 1.165) is 12.8 Å². The zero-order chi connectivity index (χ0) is 15.9. The summed E-state index contributed by atoms with van der Waals surface area (Å²) in [5.41, 5.74) is 1.08. The summed E-state index contributed by atoms with van der Waals surface area (Å²) in [6.45, 7) is 2.68. The highest BCUT2D eigenvalue weighted by atomic mass is 35.5. The van der Waals surface area contributed by atoms with Crippen LogP contribution in [-0.2, 0) is 0 Å². The summed E-state index contributed by atoms with van der Waals surface area (Å²) in [5.74, 6) is 0.332. The third kappa shape index (κ3) is 4.39. The van der Waals surface area contributed by atoms with Gasteiger partial charge in [0.2, 0.25) is 0 Å². The number of carbonyl (C=O) groups excluding carboxylic acids is 1. The number of nitrogens with one attached hydrogen (secondary N) is 1. The molecule has 2 aromatic rings. The maximum Gasteiger partial charge on any atom is 0.259 e. The Balaban J connectivity index is 2.13. The molecular weight excluding hydrogens is 321 g/mol. The minimum Gasteiger partial charge on any atom is -0.493 e. The molecule has 0 fully saturated rings. The fourth-order valence-electron chi connectivity index (χ4n) is 1.88. The summed E-state index contributed by atoms with van der Waals surface area (Å²) in [7, 11) is 0. The first-order valence-corrected chi connectivity index (χ1v) is 7.85. The highest BCUT2D eigenvalue weighted by Crippen LogP contribution is 2.26. The first-order valence-electron chi connectivity index (χ1n) is 7.10. The largest absolute Gasteiger partial charge is 0.493 e. The first kappa shape index (κ1) is 16.7. The van der Waals surface area contributed by atoms with Gasteiger partial charge < -0.3 is 10.1 Å². The van der Waals surface area contributed by atoms with Crippen LogP contribution < -0.4 is 10.1 Å². The predicted molar refractivity (Wildman–Crippen MR) is 91.3 cm³/mol. The Bertz CT molecular complexity index is 659. The molecule has 0 saturated carbocycles. The Morgan fingerprint density at radius 1 is 1.14 bits per heavy atom. The fourth-order valence-corrected chi connectivity index (χ4v) is 2.18. The summed E-state index contributed by atoms with van der Waals surface area (Å²) >= 11 is 11.8. The number of halogens is 2. The van der Waals surface area contributed by atoms with E-state index in [1.807, 2.05) is 6.07 Å². The van der Waals surface area contributed by atoms with Crippen molar-refractivity contribution in [1.82, 2.24) is 0 Å². The number of unbranched alkanes of at least 4 members (excludes halogenated alkanes) is 1. The molecule has 0 bridgehead atoms. The number of anilines is 1. The minimum atomic E-state index is -0.245. The second-order valence-electron chi connectivity index (χ2n) is 4.78. The quantitative estimate of drug-likeness (QED) is 0.714. The van der Waals surface area contributed by atoms with Gasteiger partial charge in [0.05, 0.1) is 22.2 Å². The van der Waals surface area contributed by atoms with Gasteiger partial charge in [0.25, 0.3) is 5.91 Å². The number of amides is 1. The van der Waals surface area contributed by atoms with Crippen molar-refractivity contribution in [3.63, 3.8) is 0 Å². The second-order valence-corrected chi connectivity index (χ2v) is 5.60. The second kappa shape index (κ2) is 8.06. The molecule has 3 nitrogen and oxygen atoms in total. The van der Waals surface area contributed by atoms with Crippen LogP contribution >= 0.6 is 23.2 Å². The molecule has 1 amide bonds. The Hall–Kier alpha value is -1.71. The van der Waals surface area contributed by atoms with Gasteiger partial charge >= 0.3 is 0 Å². The summed E-state index contributed by atoms with van der Waals surface area (Å²) in [4.78, 5) is 12.4. The molecule has 0 heterocycles. The molecule has 0 aromatic heterocycles. The van der Waals surface area contributed by atoms with Crippen molar-refractivity contribution in [3.05, 3.63) is 58.1 Å². The number of hydrogen-bond donors (Lipinski definition) is 1. The Kier molecular flexibility index (Phi) is 6.10. The number of ether oxygens (including phenoxy) is 1. The van der Waals surface area contributed by atoms with Crippen LogP contribution in [0.1, 0.15) is 30.1 Å². The molecule has 0 aliphatic carbocycles. The van der Waals surface area contributed by atoms with Gasteiger partial charge in [0.1, 0.15) is 5.75 Å². The number of rotatable bonds is 6. The number of carbonyl (C=O) groups is 1. The van der Waals surface area contributed by atoms with Crippen LogP contribution in [0, 0.1) is 0 Å². The summed E-state index contributed by atoms with van der Waals surface area (Å²) in [6.07, 6.45) is 1.99. The van der Waals surface area contributed by atoms with E-state index in [4.69, 9.17) is 27.9 Å². The normalized spacial score (nSPS) is 10.3. The standard InChI is InChI=1S/C17H17Cl2NO2/c1-2-3-10-22-16-7-5-4-6-13(16)17(21)20-12-8-9-14(18)15(19)11-12/h4-9,11H,2-3,10H2,1H3,(H,20,21). The molecule has 5 heteroatoms. The highest BCUT2D eigenvalue weighted by molar-refractivity contribution is 6.42. The lowest BCUT2D eigenvalue weighted by atomic mass is 10.2. The average Bonchev–Trinajstić information content (AvgIpc) is 2.51. The van der Waals surface area contributed by atoms with Gasteiger partial charge in [-0.1, -0.05) is 48.7 Å². The molecule has 2 aromatic carbocycles. The molecular formula is C17H17Cl2NO2. The molecule has 0 radical (unpaired) electrons. The molecule has 0 aliphatic rings. The first-order chi connectivity index (χ1) is 10.6. The molecule has 0 saturated heterocycles. The lowest BCUT2D eigenvalue weighted by Crippen LogP contribution is -2.14. The number of benzene rings is 2. The molecule has 0 atom stereocenters. The highest BCUT2D eigenvalue weighted by Gasteiger charge is 2.12. The van der Waals surface area contributed by atoms with Crippen molar-refractivity contribution >= 4 is 34.8 Å². The lowest BCUT2D eigenvalue weighted by Gasteiger charge is -2.11. The SMILES string of the molecule is CCCCOc1ccccc1C(=O)Nc1ccc(Cl)c(Cl)c1. The van der Waals surface area contributed by atoms with Crippen molar-refractivity contribution in [2.45, 2.75) is 19.8 Å². The predicted octanol–water partition coefficient (Wildman–Crippen LogP) is 5.42. The van der Waals surface area contributed by atoms with E-state index < -0.39 is 0 Å². The number of hydrogen-bond acceptors (Lipinski definition) is 2. The maximum absolute atomic E-state index is 12.4. The lowest BCUT2D eigenvalue weighted by molar-refractivity contribution is 0.102. The third-order valence-electron chi connectivity index (χ3n) is 3.06. The molecule has 2 rings (SSSR count). The molecule has 0 spiro atoms. The van der Waals surface area contributed by atoms with E-state index in [0.29, 0.717) is 33.7 Å². The van der Waals surface area contributed by atoms with Gasteiger partial charge in [-0.3, -0.25) is 4.79 Å². The van der Waals surface area contributed by atoms with E-state index in [2.05, 4.69) is 12.2 Å². The zero-order valence-electron chi connectivity index (χ0n) is 12.2. The van der Waals surface area contributed by atoms with Gasteiger partial charge in [0, 0.05) is 5.69 Å². The average molecular weight is 338 g/mol. The Labute approximate surface area is 140 Å². The molecule has 1 N–H and O–H groups in total. The maximum atomic E-state index is 12.4. The van der Waals surface area contributed by atoms with Gasteiger partial charge in [-0.15, -0.1) is 0 Å². The van der Waals surface area contributed by atoms with Crippen LogP contribution in [0.25, 0.3) is 0 Å².